The van der Waals surface area contributed by atoms with Crippen molar-refractivity contribution in [1.29, 1.82) is 0 Å². The lowest BCUT2D eigenvalue weighted by Gasteiger charge is -1.94. The molecule has 0 aliphatic rings. The Morgan fingerprint density at radius 3 is 2.85 bits per heavy atom. The summed E-state index contributed by atoms with van der Waals surface area (Å²) >= 11 is 0. The Morgan fingerprint density at radius 2 is 2.00 bits per heavy atom. The van der Waals surface area contributed by atoms with Gasteiger partial charge >= 0.3 is 0 Å². The fraction of sp³-hybridized carbons (Fsp3) is 0. The fourth-order valence-electron chi connectivity index (χ4n) is 2.35. The van der Waals surface area contributed by atoms with E-state index in [0.717, 1.165) is 0 Å². The van der Waals surface area contributed by atoms with E-state index >= 15 is 0 Å². The van der Waals surface area contributed by atoms with Crippen LogP contribution in [0.3, 0.4) is 0 Å². The first-order valence-electron chi connectivity index (χ1n) is 6.08. The third-order valence-electron chi connectivity index (χ3n) is 3.25. The van der Waals surface area contributed by atoms with Crippen LogP contribution in [0.1, 0.15) is 0 Å². The summed E-state index contributed by atoms with van der Waals surface area (Å²) in [5.74, 6) is -0.202. The Labute approximate surface area is 112 Å². The number of rotatable bonds is 1. The van der Waals surface area contributed by atoms with Gasteiger partial charge in [-0.15, -0.1) is 0 Å². The van der Waals surface area contributed by atoms with E-state index in [-0.39, 0.29) is 17.6 Å². The number of nitrogens with one attached hydrogen (secondary N) is 1. The number of aromatic hydroxyl groups is 1. The number of H-pyrrole nitrogens is 1. The Balaban J connectivity index is 2.05. The van der Waals surface area contributed by atoms with Gasteiger partial charge in [0.05, 0.1) is 0 Å². The van der Waals surface area contributed by atoms with Gasteiger partial charge in [-0.05, 0) is 30.3 Å². The van der Waals surface area contributed by atoms with Crippen LogP contribution in [0.15, 0.2) is 46.9 Å². The summed E-state index contributed by atoms with van der Waals surface area (Å²) < 4.78 is 19.0. The Morgan fingerprint density at radius 1 is 1.15 bits per heavy atom. The van der Waals surface area contributed by atoms with Gasteiger partial charge in [0.1, 0.15) is 16.9 Å². The molecular formula is C15H9FN2O2. The molecule has 0 aliphatic heterocycles. The number of aromatic nitrogens is 2. The maximum atomic E-state index is 13.4. The predicted octanol–water partition coefficient (Wildman–Crippen LogP) is 3.82. The highest BCUT2D eigenvalue weighted by Gasteiger charge is 2.18. The molecule has 0 bridgehead atoms. The molecule has 5 heteroatoms. The van der Waals surface area contributed by atoms with Crippen molar-refractivity contribution in [2.24, 2.45) is 0 Å². The normalized spacial score (nSPS) is 11.4. The lowest BCUT2D eigenvalue weighted by Crippen LogP contribution is -1.77. The van der Waals surface area contributed by atoms with Crippen molar-refractivity contribution >= 4 is 22.0 Å². The average Bonchev–Trinajstić information content (AvgIpc) is 2.97. The van der Waals surface area contributed by atoms with Gasteiger partial charge in [0.15, 0.2) is 5.58 Å². The summed E-state index contributed by atoms with van der Waals surface area (Å²) in [5.41, 5.74) is 2.30. The van der Waals surface area contributed by atoms with E-state index in [1.54, 1.807) is 12.1 Å². The van der Waals surface area contributed by atoms with Crippen LogP contribution in [0.25, 0.3) is 33.5 Å². The highest BCUT2D eigenvalue weighted by Crippen LogP contribution is 2.37. The third kappa shape index (κ3) is 1.50. The second-order valence-corrected chi connectivity index (χ2v) is 4.53. The number of oxazole rings is 1. The summed E-state index contributed by atoms with van der Waals surface area (Å²) in [7, 11) is 0. The lowest BCUT2D eigenvalue weighted by atomic mass is 10.1. The summed E-state index contributed by atoms with van der Waals surface area (Å²) in [6.07, 6.45) is 0. The number of hydrogen-bond acceptors (Lipinski definition) is 3. The molecule has 4 rings (SSSR count). The van der Waals surface area contributed by atoms with E-state index < -0.39 is 0 Å². The van der Waals surface area contributed by atoms with E-state index in [2.05, 4.69) is 9.97 Å². The lowest BCUT2D eigenvalue weighted by molar-refractivity contribution is 0.457. The molecule has 0 saturated carbocycles. The number of hydrogen-bond donors (Lipinski definition) is 2. The van der Waals surface area contributed by atoms with Gasteiger partial charge in [0, 0.05) is 10.9 Å². The van der Waals surface area contributed by atoms with Gasteiger partial charge in [-0.1, -0.05) is 12.1 Å². The molecule has 2 heterocycles. The van der Waals surface area contributed by atoms with Crippen LogP contribution >= 0.6 is 0 Å². The molecule has 2 aromatic heterocycles. The predicted molar refractivity (Wildman–Crippen MR) is 72.9 cm³/mol. The molecule has 0 amide bonds. The summed E-state index contributed by atoms with van der Waals surface area (Å²) in [6.45, 7) is 0. The summed E-state index contributed by atoms with van der Waals surface area (Å²) in [6, 6.07) is 11.5. The number of nitrogens with zero attached hydrogens (tertiary/aromatic N) is 1. The first-order valence-corrected chi connectivity index (χ1v) is 6.08. The maximum absolute atomic E-state index is 13.4. The molecule has 2 N–H and O–H groups in total. The van der Waals surface area contributed by atoms with Gasteiger partial charge < -0.3 is 14.5 Å². The van der Waals surface area contributed by atoms with E-state index in [1.807, 2.05) is 18.2 Å². The first-order chi connectivity index (χ1) is 9.72. The number of benzene rings is 2. The number of para-hydroxylation sites is 2. The van der Waals surface area contributed by atoms with Crippen LogP contribution in [-0.2, 0) is 0 Å². The van der Waals surface area contributed by atoms with Gasteiger partial charge in [-0.25, -0.2) is 9.37 Å². The topological polar surface area (TPSA) is 62.0 Å². The van der Waals surface area contributed by atoms with E-state index in [4.69, 9.17) is 4.42 Å². The third-order valence-corrected chi connectivity index (χ3v) is 3.25. The average molecular weight is 268 g/mol. The zero-order valence-corrected chi connectivity index (χ0v) is 10.2. The van der Waals surface area contributed by atoms with Crippen molar-refractivity contribution in [3.63, 3.8) is 0 Å². The SMILES string of the molecule is Oc1[nH]c2ccc(F)cc2c1-c1nc2ccccc2o1. The minimum absolute atomic E-state index is 0.0860. The quantitative estimate of drug-likeness (QED) is 0.551. The van der Waals surface area contributed by atoms with Crippen LogP contribution in [0.2, 0.25) is 0 Å². The minimum atomic E-state index is -0.381. The van der Waals surface area contributed by atoms with Crippen LogP contribution in [0.5, 0.6) is 5.88 Å². The van der Waals surface area contributed by atoms with Crippen LogP contribution in [0.4, 0.5) is 4.39 Å². The molecule has 2 aromatic carbocycles. The molecule has 4 aromatic rings. The van der Waals surface area contributed by atoms with E-state index in [1.165, 1.54) is 12.1 Å². The molecule has 0 spiro atoms. The highest BCUT2D eigenvalue weighted by atomic mass is 19.1. The first kappa shape index (κ1) is 11.0. The molecule has 0 radical (unpaired) electrons. The van der Waals surface area contributed by atoms with Crippen molar-refractivity contribution in [2.45, 2.75) is 0 Å². The highest BCUT2D eigenvalue weighted by molar-refractivity contribution is 5.97. The monoisotopic (exact) mass is 268 g/mol. The smallest absolute Gasteiger partial charge is 0.233 e. The molecule has 0 atom stereocenters. The second-order valence-electron chi connectivity index (χ2n) is 4.53. The molecule has 0 aliphatic carbocycles. The van der Waals surface area contributed by atoms with E-state index in [9.17, 15) is 9.50 Å². The van der Waals surface area contributed by atoms with Crippen LogP contribution < -0.4 is 0 Å². The van der Waals surface area contributed by atoms with Crippen molar-refractivity contribution in [3.8, 4) is 17.3 Å². The standard InChI is InChI=1S/C15H9FN2O2/c16-8-5-6-10-9(7-8)13(14(19)17-10)15-18-11-3-1-2-4-12(11)20-15/h1-7,17,19H. The van der Waals surface area contributed by atoms with Crippen molar-refractivity contribution in [2.75, 3.05) is 0 Å². The zero-order chi connectivity index (χ0) is 13.7. The van der Waals surface area contributed by atoms with Crippen LogP contribution in [-0.4, -0.2) is 15.1 Å². The van der Waals surface area contributed by atoms with Gasteiger partial charge in [0.25, 0.3) is 0 Å². The summed E-state index contributed by atoms with van der Waals surface area (Å²) in [5, 5.41) is 10.6. The minimum Gasteiger partial charge on any atom is -0.494 e. The summed E-state index contributed by atoms with van der Waals surface area (Å²) in [4.78, 5) is 7.11. The molecule has 4 nitrogen and oxygen atoms in total. The second kappa shape index (κ2) is 3.84. The van der Waals surface area contributed by atoms with Crippen LogP contribution in [0, 0.1) is 5.82 Å². The molecule has 0 unspecified atom stereocenters. The number of halogens is 1. The molecule has 0 fully saturated rings. The van der Waals surface area contributed by atoms with Gasteiger partial charge in [-0.3, -0.25) is 0 Å². The van der Waals surface area contributed by atoms with Gasteiger partial charge in [-0.2, -0.15) is 0 Å². The largest absolute Gasteiger partial charge is 0.494 e. The molecule has 98 valence electrons. The molecule has 0 saturated heterocycles. The molecular weight excluding hydrogens is 259 g/mol. The maximum Gasteiger partial charge on any atom is 0.233 e. The Hall–Kier alpha value is -2.82. The van der Waals surface area contributed by atoms with Gasteiger partial charge in [0.2, 0.25) is 11.8 Å². The fourth-order valence-corrected chi connectivity index (χ4v) is 2.35. The van der Waals surface area contributed by atoms with E-state index in [0.29, 0.717) is 27.6 Å². The van der Waals surface area contributed by atoms with Crippen molar-refractivity contribution in [3.05, 3.63) is 48.3 Å². The number of fused-ring (bicyclic) bond motifs is 2. The van der Waals surface area contributed by atoms with Crippen molar-refractivity contribution < 1.29 is 13.9 Å². The Bertz CT molecular complexity index is 907. The molecule has 20 heavy (non-hydrogen) atoms. The Kier molecular flexibility index (Phi) is 2.12. The zero-order valence-electron chi connectivity index (χ0n) is 10.2. The van der Waals surface area contributed by atoms with Crippen molar-refractivity contribution in [1.82, 2.24) is 9.97 Å². The number of aromatic amines is 1.